The van der Waals surface area contributed by atoms with Crippen LogP contribution in [-0.4, -0.2) is 18.4 Å². The predicted molar refractivity (Wildman–Crippen MR) is 97.6 cm³/mol. The van der Waals surface area contributed by atoms with E-state index in [1.165, 1.54) is 12.0 Å². The Kier molecular flexibility index (Phi) is 5.47. The van der Waals surface area contributed by atoms with E-state index in [4.69, 9.17) is 10.0 Å². The zero-order valence-electron chi connectivity index (χ0n) is 14.1. The Morgan fingerprint density at radius 3 is 2.62 bits per heavy atom. The molecule has 0 atom stereocenters. The molecule has 0 spiro atoms. The standard InChI is InChI=1S/C17H19F3N4OS/c1-10-15(26-25-24-10)9-22-12-4-6-13(7-5-12)23-14(11-2-3-11)8-16(21)17(18,19)20/h4-8,11,22,24H,2-3,9,21H2,1H3. The Balaban J connectivity index is 1.68. The van der Waals surface area contributed by atoms with Crippen LogP contribution >= 0.6 is 12.0 Å². The monoisotopic (exact) mass is 384 g/mol. The van der Waals surface area contributed by atoms with Crippen LogP contribution in [0.25, 0.3) is 0 Å². The average molecular weight is 384 g/mol. The molecule has 140 valence electrons. The largest absolute Gasteiger partial charge is 0.430 e. The number of hydroxylamine groups is 1. The topological polar surface area (TPSA) is 71.7 Å². The van der Waals surface area contributed by atoms with E-state index in [0.717, 1.165) is 35.2 Å². The van der Waals surface area contributed by atoms with Crippen molar-refractivity contribution in [1.29, 1.82) is 0 Å². The normalized spacial score (nSPS) is 18.9. The molecule has 1 saturated carbocycles. The van der Waals surface area contributed by atoms with Gasteiger partial charge in [-0.25, -0.2) is 4.28 Å². The summed E-state index contributed by atoms with van der Waals surface area (Å²) >= 11 is 1.27. The van der Waals surface area contributed by atoms with E-state index in [2.05, 4.69) is 15.8 Å². The Labute approximate surface area is 153 Å². The maximum atomic E-state index is 12.7. The highest BCUT2D eigenvalue weighted by Crippen LogP contribution is 2.34. The van der Waals surface area contributed by atoms with Gasteiger partial charge in [0.05, 0.1) is 29.2 Å². The molecule has 5 nitrogen and oxygen atoms in total. The number of halogens is 3. The van der Waals surface area contributed by atoms with E-state index in [0.29, 0.717) is 17.9 Å². The summed E-state index contributed by atoms with van der Waals surface area (Å²) in [5, 5.41) is 3.26. The molecule has 1 heterocycles. The van der Waals surface area contributed by atoms with Gasteiger partial charge in [0.25, 0.3) is 0 Å². The van der Waals surface area contributed by atoms with Gasteiger partial charge < -0.3 is 11.1 Å². The second-order valence-electron chi connectivity index (χ2n) is 6.13. The third-order valence-corrected chi connectivity index (χ3v) is 4.78. The molecule has 1 fully saturated rings. The molecular weight excluding hydrogens is 365 g/mol. The van der Waals surface area contributed by atoms with Crippen LogP contribution in [0.1, 0.15) is 19.8 Å². The van der Waals surface area contributed by atoms with Gasteiger partial charge in [0.2, 0.25) is 0 Å². The number of anilines is 1. The fourth-order valence-corrected chi connectivity index (χ4v) is 2.83. The lowest BCUT2D eigenvalue weighted by Gasteiger charge is -2.08. The number of nitrogens with zero attached hydrogens (tertiary/aromatic N) is 1. The van der Waals surface area contributed by atoms with E-state index < -0.39 is 11.9 Å². The smallest absolute Gasteiger partial charge is 0.395 e. The van der Waals surface area contributed by atoms with Crippen LogP contribution in [0, 0.1) is 5.92 Å². The predicted octanol–water partition coefficient (Wildman–Crippen LogP) is 4.40. The number of aliphatic imine (C=N–C) groups is 1. The number of benzene rings is 1. The van der Waals surface area contributed by atoms with Crippen LogP contribution in [0.2, 0.25) is 0 Å². The highest BCUT2D eigenvalue weighted by atomic mass is 32.2. The summed E-state index contributed by atoms with van der Waals surface area (Å²) in [6, 6.07) is 7.20. The average Bonchev–Trinajstić information content (AvgIpc) is 3.35. The maximum absolute atomic E-state index is 12.7. The molecule has 1 aromatic rings. The Morgan fingerprint density at radius 1 is 1.38 bits per heavy atom. The minimum atomic E-state index is -4.53. The lowest BCUT2D eigenvalue weighted by atomic mass is 10.2. The Bertz CT molecular complexity index is 752. The molecule has 0 radical (unpaired) electrons. The lowest BCUT2D eigenvalue weighted by Crippen LogP contribution is -2.21. The second-order valence-corrected chi connectivity index (χ2v) is 6.95. The third-order valence-electron chi connectivity index (χ3n) is 3.96. The van der Waals surface area contributed by atoms with E-state index in [1.807, 2.05) is 19.1 Å². The van der Waals surface area contributed by atoms with E-state index in [1.54, 1.807) is 12.1 Å². The van der Waals surface area contributed by atoms with Crippen molar-refractivity contribution in [3.63, 3.8) is 0 Å². The minimum absolute atomic E-state index is 0.0514. The molecule has 3 rings (SSSR count). The second kappa shape index (κ2) is 7.63. The van der Waals surface area contributed by atoms with E-state index >= 15 is 0 Å². The molecular formula is C17H19F3N4OS. The molecule has 2 aliphatic rings. The molecule has 0 saturated heterocycles. The summed E-state index contributed by atoms with van der Waals surface area (Å²) in [4.78, 5) is 5.41. The molecule has 4 N–H and O–H groups in total. The molecule has 0 unspecified atom stereocenters. The first-order valence-electron chi connectivity index (χ1n) is 8.09. The SMILES string of the molecule is CC1=C(CNc2ccc(N=C(C=C(N)C(F)(F)F)C3CC3)cc2)SON1. The fraction of sp³-hybridized carbons (Fsp3) is 0.353. The number of allylic oxidation sites excluding steroid dienone is 3. The van der Waals surface area contributed by atoms with Gasteiger partial charge in [-0.2, -0.15) is 13.2 Å². The van der Waals surface area contributed by atoms with Gasteiger partial charge in [0, 0.05) is 23.0 Å². The van der Waals surface area contributed by atoms with Gasteiger partial charge in [-0.3, -0.25) is 10.5 Å². The van der Waals surface area contributed by atoms with Crippen LogP contribution < -0.4 is 16.5 Å². The van der Waals surface area contributed by atoms with E-state index in [-0.39, 0.29) is 5.92 Å². The molecule has 0 aromatic heterocycles. The highest BCUT2D eigenvalue weighted by molar-refractivity contribution is 7.98. The van der Waals surface area contributed by atoms with Gasteiger partial charge in [0.15, 0.2) is 0 Å². The van der Waals surface area contributed by atoms with Crippen LogP contribution in [0.15, 0.2) is 51.6 Å². The molecule has 26 heavy (non-hydrogen) atoms. The van der Waals surface area contributed by atoms with Crippen molar-refractivity contribution in [2.45, 2.75) is 25.9 Å². The molecule has 0 bridgehead atoms. The summed E-state index contributed by atoms with van der Waals surface area (Å²) < 4.78 is 43.0. The van der Waals surface area contributed by atoms with Crippen molar-refractivity contribution in [1.82, 2.24) is 5.48 Å². The molecule has 1 aromatic carbocycles. The minimum Gasteiger partial charge on any atom is -0.395 e. The zero-order valence-corrected chi connectivity index (χ0v) is 14.9. The number of alkyl halides is 3. The summed E-state index contributed by atoms with van der Waals surface area (Å²) in [6.07, 6.45) is -1.92. The van der Waals surface area contributed by atoms with Gasteiger partial charge in [0.1, 0.15) is 5.70 Å². The van der Waals surface area contributed by atoms with Crippen molar-refractivity contribution in [2.24, 2.45) is 16.6 Å². The lowest BCUT2D eigenvalue weighted by molar-refractivity contribution is -0.0925. The van der Waals surface area contributed by atoms with Crippen molar-refractivity contribution in [2.75, 3.05) is 11.9 Å². The number of rotatable bonds is 6. The molecule has 9 heteroatoms. The van der Waals surface area contributed by atoms with Crippen LogP contribution in [0.3, 0.4) is 0 Å². The van der Waals surface area contributed by atoms with Gasteiger partial charge >= 0.3 is 6.18 Å². The Morgan fingerprint density at radius 2 is 2.08 bits per heavy atom. The van der Waals surface area contributed by atoms with Gasteiger partial charge in [-0.15, -0.1) is 0 Å². The summed E-state index contributed by atoms with van der Waals surface area (Å²) in [5.74, 6) is 0.0514. The van der Waals surface area contributed by atoms with Crippen molar-refractivity contribution >= 4 is 29.1 Å². The van der Waals surface area contributed by atoms with Gasteiger partial charge in [-0.05, 0) is 50.1 Å². The first kappa shape index (κ1) is 18.7. The fourth-order valence-electron chi connectivity index (χ4n) is 2.26. The van der Waals surface area contributed by atoms with Crippen LogP contribution in [0.5, 0.6) is 0 Å². The van der Waals surface area contributed by atoms with Crippen molar-refractivity contribution in [3.8, 4) is 0 Å². The van der Waals surface area contributed by atoms with E-state index in [9.17, 15) is 13.2 Å². The highest BCUT2D eigenvalue weighted by Gasteiger charge is 2.34. The van der Waals surface area contributed by atoms with Crippen molar-refractivity contribution < 1.29 is 17.5 Å². The quantitative estimate of drug-likeness (QED) is 0.501. The number of nitrogens with one attached hydrogen (secondary N) is 2. The first-order valence-corrected chi connectivity index (χ1v) is 8.83. The third kappa shape index (κ3) is 4.95. The maximum Gasteiger partial charge on any atom is 0.430 e. The number of hydrogen-bond donors (Lipinski definition) is 3. The van der Waals surface area contributed by atoms with Gasteiger partial charge in [-0.1, -0.05) is 0 Å². The van der Waals surface area contributed by atoms with Crippen molar-refractivity contribution in [3.05, 3.63) is 46.6 Å². The number of hydrogen-bond acceptors (Lipinski definition) is 6. The van der Waals surface area contributed by atoms with Crippen LogP contribution in [0.4, 0.5) is 24.5 Å². The van der Waals surface area contributed by atoms with Crippen LogP contribution in [-0.2, 0) is 4.28 Å². The molecule has 1 aliphatic carbocycles. The summed E-state index contributed by atoms with van der Waals surface area (Å²) in [6.45, 7) is 2.54. The zero-order chi connectivity index (χ0) is 18.7. The molecule has 1 aliphatic heterocycles. The first-order chi connectivity index (χ1) is 12.3. The summed E-state index contributed by atoms with van der Waals surface area (Å²) in [5.41, 5.74) is 9.61. The molecule has 0 amide bonds. The Hall–Kier alpha value is -2.13. The summed E-state index contributed by atoms with van der Waals surface area (Å²) in [7, 11) is 0. The number of nitrogens with two attached hydrogens (primary N) is 1.